The molecule has 14 N–H and O–H groups in total. The molecule has 8 bridgehead atoms. The molecule has 4 fully saturated rings. The second kappa shape index (κ2) is 20.8. The third kappa shape index (κ3) is 10.6. The zero-order valence-corrected chi connectivity index (χ0v) is 42.2. The number of hydrogen-bond donors (Lipinski definition) is 8. The summed E-state index contributed by atoms with van der Waals surface area (Å²) in [6, 6.07) is -3.02. The van der Waals surface area contributed by atoms with Crippen LogP contribution in [0.1, 0.15) is 133 Å². The fourth-order valence-corrected chi connectivity index (χ4v) is 13.0. The van der Waals surface area contributed by atoms with E-state index in [0.29, 0.717) is 29.1 Å². The van der Waals surface area contributed by atoms with Gasteiger partial charge in [-0.2, -0.15) is 17.1 Å². The summed E-state index contributed by atoms with van der Waals surface area (Å²) >= 11 is 0. The molecule has 5 heterocycles. The van der Waals surface area contributed by atoms with Gasteiger partial charge in [0.2, 0.25) is 41.4 Å². The van der Waals surface area contributed by atoms with Crippen molar-refractivity contribution in [2.45, 2.75) is 169 Å². The molecule has 5 aliphatic rings. The van der Waals surface area contributed by atoms with Crippen molar-refractivity contribution in [2.24, 2.45) is 79.7 Å². The van der Waals surface area contributed by atoms with Gasteiger partial charge < -0.3 is 66.1 Å². The zero-order valence-electron chi connectivity index (χ0n) is 41.2. The van der Waals surface area contributed by atoms with E-state index in [9.17, 15) is 38.7 Å². The first-order chi connectivity index (χ1) is 30.9. The largest absolute Gasteiger partial charge is 0.681 e. The summed E-state index contributed by atoms with van der Waals surface area (Å²) in [5.41, 5.74) is 33.7. The topological polar surface area (TPSA) is 364 Å². The molecule has 0 saturated carbocycles. The summed E-state index contributed by atoms with van der Waals surface area (Å²) in [5.74, 6) is -5.97. The first kappa shape index (κ1) is 56.1. The maximum atomic E-state index is 13.5. The van der Waals surface area contributed by atoms with Crippen LogP contribution in [0.5, 0.6) is 0 Å². The van der Waals surface area contributed by atoms with Gasteiger partial charge in [0.05, 0.1) is 6.10 Å². The van der Waals surface area contributed by atoms with E-state index < -0.39 is 117 Å². The summed E-state index contributed by atoms with van der Waals surface area (Å²) in [5, 5.41) is 35.0. The van der Waals surface area contributed by atoms with Crippen molar-refractivity contribution in [3.63, 3.8) is 0 Å². The van der Waals surface area contributed by atoms with Crippen LogP contribution < -0.4 is 39.7 Å². The maximum absolute atomic E-state index is 13.5. The standard InChI is InChI=1S/C48H75N11O8.Co/c1-23(60)22-55-38(67)16-17-45(6)29(18-35(52)64)43-48(9)47(8,21-37(54)66)28(12-15-34(51)63)40(59-48)25(3)42-46(7,20-36(53)65)26(10-13-32(49)61)30(56-42)19-31-44(4,5)27(11-14-33(50)62)39(57-31)24(2)41(45)58-43;/h19,23,26-30,40-41,43,60H,10-18,20-22H2,1-9H3,(H2,49,61)(H2,50,62)(H2,51,63)(H2,52,64)(H2,53,65)(H2,54,66)(H,55,67);/q-4;/b31-19-,39-24-,42-25-;/t23-,26-,27-,28-,29+,30?,40?,41?,43-,45-,46+,47+,48+;/m1./s1. The van der Waals surface area contributed by atoms with E-state index in [-0.39, 0.29) is 93.4 Å². The van der Waals surface area contributed by atoms with Crippen LogP contribution >= 0.6 is 0 Å². The number of primary amides is 6. The van der Waals surface area contributed by atoms with Crippen LogP contribution in [0.3, 0.4) is 0 Å². The Labute approximate surface area is 411 Å². The van der Waals surface area contributed by atoms with Gasteiger partial charge in [-0.25, -0.2) is 0 Å². The average Bonchev–Trinajstić information content (AvgIpc) is 3.80. The second-order valence-electron chi connectivity index (χ2n) is 21.7. The number of aliphatic hydroxyl groups excluding tert-OH is 1. The van der Waals surface area contributed by atoms with Gasteiger partial charge in [0, 0.05) is 68.3 Å². The van der Waals surface area contributed by atoms with Crippen LogP contribution in [0.2, 0.25) is 0 Å². The number of amides is 7. The Balaban J connectivity index is 0.0000101. The Morgan fingerprint density at radius 3 is 1.82 bits per heavy atom. The van der Waals surface area contributed by atoms with Crippen LogP contribution in [0, 0.1) is 45.3 Å². The average molecular weight is 993 g/mol. The number of fused-ring (bicyclic) bond motifs is 9. The zero-order chi connectivity index (χ0) is 50.4. The van der Waals surface area contributed by atoms with Crippen molar-refractivity contribution in [3.8, 4) is 0 Å². The molecule has 68 heavy (non-hydrogen) atoms. The van der Waals surface area contributed by atoms with Crippen molar-refractivity contribution in [2.75, 3.05) is 6.54 Å². The Morgan fingerprint density at radius 1 is 0.735 bits per heavy atom. The smallest absolute Gasteiger partial charge is 0.220 e. The molecule has 7 amide bonds. The van der Waals surface area contributed by atoms with Crippen molar-refractivity contribution in [1.29, 1.82) is 0 Å². The van der Waals surface area contributed by atoms with E-state index in [1.165, 1.54) is 0 Å². The summed E-state index contributed by atoms with van der Waals surface area (Å²) in [6.45, 7) is 17.1. The summed E-state index contributed by atoms with van der Waals surface area (Å²) in [4.78, 5) is 91.4. The van der Waals surface area contributed by atoms with Crippen LogP contribution in [-0.4, -0.2) is 88.8 Å². The Bertz CT molecular complexity index is 2130. The molecule has 19 nitrogen and oxygen atoms in total. The SMILES string of the molecule is C/C1=C2/[N-]C(/C=C3\[N-]/C(=C(/C)C4[N-][C@H]([C@H](CC(N)=O)[C@@]4(C)CCC(=O)NC[C@@H](C)O)[C@]4(C)[N-]C1[C@@H](CCC(N)=O)[C@]4(C)CC(N)=O)[C@@H](CCC(N)=O)C3(C)C)[C@@H](CCC(N)=O)[C@]2(C)CC(N)=O.[Co]. The first-order valence-electron chi connectivity index (χ1n) is 23.6. The number of carbonyl (C=O) groups excluding carboxylic acids is 7. The molecule has 13 atom stereocenters. The molecular weight excluding hydrogens is 918 g/mol. The Kier molecular flexibility index (Phi) is 17.2. The van der Waals surface area contributed by atoms with Crippen molar-refractivity contribution in [3.05, 3.63) is 55.6 Å². The number of nitrogens with one attached hydrogen (secondary N) is 1. The minimum absolute atomic E-state index is 0. The third-order valence-electron chi connectivity index (χ3n) is 16.7. The predicted octanol–water partition coefficient (Wildman–Crippen LogP) is 3.42. The van der Waals surface area contributed by atoms with Crippen molar-refractivity contribution >= 4 is 41.4 Å². The fourth-order valence-electron chi connectivity index (χ4n) is 13.0. The number of nitrogens with two attached hydrogens (primary N) is 6. The Morgan fingerprint density at radius 2 is 1.29 bits per heavy atom. The minimum Gasteiger partial charge on any atom is -0.681 e. The molecule has 20 heteroatoms. The van der Waals surface area contributed by atoms with E-state index in [4.69, 9.17) is 55.7 Å². The normalized spacial score (nSPS) is 38.1. The van der Waals surface area contributed by atoms with Gasteiger partial charge in [0.25, 0.3) is 0 Å². The van der Waals surface area contributed by atoms with Crippen LogP contribution in [0.15, 0.2) is 34.3 Å². The number of nitrogens with zero attached hydrogens (tertiary/aromatic N) is 4. The third-order valence-corrected chi connectivity index (χ3v) is 16.7. The van der Waals surface area contributed by atoms with Gasteiger partial charge in [0.1, 0.15) is 0 Å². The van der Waals surface area contributed by atoms with Crippen LogP contribution in [-0.2, 0) is 50.3 Å². The number of carbonyl (C=O) groups is 7. The predicted molar refractivity (Wildman–Crippen MR) is 253 cm³/mol. The van der Waals surface area contributed by atoms with E-state index in [1.807, 2.05) is 61.5 Å². The summed E-state index contributed by atoms with van der Waals surface area (Å²) in [6.07, 6.45) is 1.52. The van der Waals surface area contributed by atoms with Gasteiger partial charge >= 0.3 is 0 Å². The maximum Gasteiger partial charge on any atom is 0.220 e. The van der Waals surface area contributed by atoms with Gasteiger partial charge in [-0.05, 0) is 91.8 Å². The summed E-state index contributed by atoms with van der Waals surface area (Å²) < 4.78 is 0. The van der Waals surface area contributed by atoms with Crippen molar-refractivity contribution in [1.82, 2.24) is 5.32 Å². The molecule has 0 aromatic rings. The Hall–Kier alpha value is -4.50. The van der Waals surface area contributed by atoms with Gasteiger partial charge in [0.15, 0.2) is 0 Å². The summed E-state index contributed by atoms with van der Waals surface area (Å²) in [7, 11) is 0. The molecule has 4 saturated heterocycles. The number of allylic oxidation sites excluding steroid dienone is 3. The minimum atomic E-state index is -1.34. The molecular formula is C48H75CoN11O8-4. The first-order valence-corrected chi connectivity index (χ1v) is 23.6. The van der Waals surface area contributed by atoms with E-state index >= 15 is 0 Å². The van der Waals surface area contributed by atoms with Gasteiger partial charge in [-0.3, -0.25) is 33.6 Å². The molecule has 5 rings (SSSR count). The molecule has 5 aliphatic heterocycles. The van der Waals surface area contributed by atoms with Crippen LogP contribution in [0.25, 0.3) is 21.3 Å². The van der Waals surface area contributed by atoms with Crippen LogP contribution in [0.4, 0.5) is 0 Å². The van der Waals surface area contributed by atoms with E-state index in [1.54, 1.807) is 6.92 Å². The molecule has 383 valence electrons. The van der Waals surface area contributed by atoms with E-state index in [2.05, 4.69) is 5.32 Å². The molecule has 0 aromatic heterocycles. The monoisotopic (exact) mass is 993 g/mol. The fraction of sp³-hybridized carbons (Fsp3) is 0.729. The van der Waals surface area contributed by atoms with E-state index in [0.717, 1.165) is 5.57 Å². The van der Waals surface area contributed by atoms with Crippen molar-refractivity contribution < 1.29 is 55.4 Å². The number of hydrogen-bond acceptors (Lipinski definition) is 8. The second-order valence-corrected chi connectivity index (χ2v) is 21.7. The molecule has 0 spiro atoms. The molecule has 0 aromatic carbocycles. The molecule has 1 radical (unpaired) electrons. The number of aliphatic hydroxyl groups is 1. The van der Waals surface area contributed by atoms with Gasteiger partial charge in [-0.15, -0.1) is 40.9 Å². The quantitative estimate of drug-likeness (QED) is 0.0891. The van der Waals surface area contributed by atoms with Gasteiger partial charge in [-0.1, -0.05) is 47.6 Å². The molecule has 0 aliphatic carbocycles. The number of rotatable bonds is 20. The molecule has 3 unspecified atom stereocenters.